The molecule has 2 aliphatic rings. The normalized spacial score (nSPS) is 26.6. The number of carbonyl (C=O) groups is 2. The van der Waals surface area contributed by atoms with Crippen LogP contribution in [0.1, 0.15) is 36.0 Å². The zero-order chi connectivity index (χ0) is 14.8. The second-order valence-corrected chi connectivity index (χ2v) is 5.97. The van der Waals surface area contributed by atoms with Gasteiger partial charge < -0.3 is 15.2 Å². The minimum Gasteiger partial charge on any atom is -0.482 e. The number of carboxylic acid groups (broad SMARTS) is 1. The van der Waals surface area contributed by atoms with Crippen molar-refractivity contribution in [1.29, 1.82) is 0 Å². The van der Waals surface area contributed by atoms with Gasteiger partial charge in [0.15, 0.2) is 6.61 Å². The fourth-order valence-electron chi connectivity index (χ4n) is 3.55. The monoisotopic (exact) mass is 289 g/mol. The van der Waals surface area contributed by atoms with Gasteiger partial charge in [-0.3, -0.25) is 4.79 Å². The smallest absolute Gasteiger partial charge is 0.341 e. The molecule has 2 N–H and O–H groups in total. The molecule has 3 unspecified atom stereocenters. The minimum atomic E-state index is -1.04. The topological polar surface area (TPSA) is 75.6 Å². The lowest BCUT2D eigenvalue weighted by atomic mass is 9.95. The molecule has 112 valence electrons. The van der Waals surface area contributed by atoms with Crippen LogP contribution in [0.15, 0.2) is 24.3 Å². The predicted molar refractivity (Wildman–Crippen MR) is 76.3 cm³/mol. The van der Waals surface area contributed by atoms with Crippen LogP contribution in [-0.4, -0.2) is 29.6 Å². The number of hydrogen-bond acceptors (Lipinski definition) is 3. The molecule has 5 nitrogen and oxygen atoms in total. The zero-order valence-corrected chi connectivity index (χ0v) is 11.7. The van der Waals surface area contributed by atoms with Gasteiger partial charge in [0, 0.05) is 11.6 Å². The van der Waals surface area contributed by atoms with Gasteiger partial charge in [-0.2, -0.15) is 0 Å². The maximum atomic E-state index is 12.3. The highest BCUT2D eigenvalue weighted by Crippen LogP contribution is 2.44. The Morgan fingerprint density at radius 2 is 2.14 bits per heavy atom. The molecule has 2 aliphatic carbocycles. The number of ether oxygens (including phenoxy) is 1. The molecular weight excluding hydrogens is 270 g/mol. The van der Waals surface area contributed by atoms with Crippen LogP contribution in [0.3, 0.4) is 0 Å². The fourth-order valence-corrected chi connectivity index (χ4v) is 3.55. The molecule has 0 radical (unpaired) electrons. The highest BCUT2D eigenvalue weighted by Gasteiger charge is 2.40. The summed E-state index contributed by atoms with van der Waals surface area (Å²) >= 11 is 0. The van der Waals surface area contributed by atoms with Crippen molar-refractivity contribution in [2.24, 2.45) is 11.8 Å². The lowest BCUT2D eigenvalue weighted by molar-refractivity contribution is -0.139. The molecule has 0 saturated heterocycles. The standard InChI is InChI=1S/C16H19NO4/c18-15(19)9-21-13-3-1-2-12(8-13)16(20)17-14-7-10-4-5-11(14)6-10/h1-3,8,10-11,14H,4-7,9H2,(H,17,20)(H,18,19). The van der Waals surface area contributed by atoms with Gasteiger partial charge in [0.05, 0.1) is 0 Å². The van der Waals surface area contributed by atoms with Crippen molar-refractivity contribution in [3.8, 4) is 5.75 Å². The molecule has 2 bridgehead atoms. The van der Waals surface area contributed by atoms with E-state index >= 15 is 0 Å². The van der Waals surface area contributed by atoms with Crippen molar-refractivity contribution in [2.45, 2.75) is 31.7 Å². The first-order valence-corrected chi connectivity index (χ1v) is 7.37. The summed E-state index contributed by atoms with van der Waals surface area (Å²) in [5.41, 5.74) is 0.515. The van der Waals surface area contributed by atoms with Gasteiger partial charge in [-0.15, -0.1) is 0 Å². The second kappa shape index (κ2) is 5.76. The Labute approximate surface area is 123 Å². The molecule has 0 aromatic heterocycles. The van der Waals surface area contributed by atoms with Crippen molar-refractivity contribution >= 4 is 11.9 Å². The third-order valence-corrected chi connectivity index (χ3v) is 4.51. The Morgan fingerprint density at radius 3 is 2.81 bits per heavy atom. The molecule has 2 saturated carbocycles. The van der Waals surface area contributed by atoms with E-state index in [1.54, 1.807) is 24.3 Å². The van der Waals surface area contributed by atoms with Crippen molar-refractivity contribution < 1.29 is 19.4 Å². The SMILES string of the molecule is O=C(O)COc1cccc(C(=O)NC2CC3CCC2C3)c1. The van der Waals surface area contributed by atoms with E-state index < -0.39 is 12.6 Å². The highest BCUT2D eigenvalue weighted by molar-refractivity contribution is 5.94. The molecule has 1 amide bonds. The summed E-state index contributed by atoms with van der Waals surface area (Å²) in [5.74, 6) is 0.675. The number of carboxylic acids is 1. The van der Waals surface area contributed by atoms with Gasteiger partial charge in [0.1, 0.15) is 5.75 Å². The van der Waals surface area contributed by atoms with Crippen LogP contribution >= 0.6 is 0 Å². The molecule has 3 rings (SSSR count). The number of carbonyl (C=O) groups excluding carboxylic acids is 1. The van der Waals surface area contributed by atoms with Crippen LogP contribution in [-0.2, 0) is 4.79 Å². The first-order chi connectivity index (χ1) is 10.1. The molecule has 1 aromatic carbocycles. The van der Waals surface area contributed by atoms with Gasteiger partial charge in [0.25, 0.3) is 5.91 Å². The summed E-state index contributed by atoms with van der Waals surface area (Å²) in [6.07, 6.45) is 4.85. The summed E-state index contributed by atoms with van der Waals surface area (Å²) < 4.78 is 5.10. The summed E-state index contributed by atoms with van der Waals surface area (Å²) in [5, 5.41) is 11.7. The summed E-state index contributed by atoms with van der Waals surface area (Å²) in [6, 6.07) is 6.95. The second-order valence-electron chi connectivity index (χ2n) is 5.97. The predicted octanol–water partition coefficient (Wildman–Crippen LogP) is 2.07. The Balaban J connectivity index is 1.61. The van der Waals surface area contributed by atoms with Gasteiger partial charge >= 0.3 is 5.97 Å². The van der Waals surface area contributed by atoms with E-state index in [2.05, 4.69) is 5.32 Å². The van der Waals surface area contributed by atoms with Crippen LogP contribution in [0, 0.1) is 11.8 Å². The van der Waals surface area contributed by atoms with Crippen LogP contribution in [0.5, 0.6) is 5.75 Å². The summed E-state index contributed by atoms with van der Waals surface area (Å²) in [7, 11) is 0. The third-order valence-electron chi connectivity index (χ3n) is 4.51. The fraction of sp³-hybridized carbons (Fsp3) is 0.500. The number of rotatable bonds is 5. The van der Waals surface area contributed by atoms with E-state index in [9.17, 15) is 9.59 Å². The number of nitrogens with one attached hydrogen (secondary N) is 1. The summed E-state index contributed by atoms with van der Waals surface area (Å²) in [4.78, 5) is 22.8. The average molecular weight is 289 g/mol. The minimum absolute atomic E-state index is 0.103. The van der Waals surface area contributed by atoms with E-state index in [-0.39, 0.29) is 5.91 Å². The van der Waals surface area contributed by atoms with Crippen LogP contribution in [0.2, 0.25) is 0 Å². The van der Waals surface area contributed by atoms with Crippen molar-refractivity contribution in [3.63, 3.8) is 0 Å². The lowest BCUT2D eigenvalue weighted by Crippen LogP contribution is -2.38. The van der Waals surface area contributed by atoms with Crippen LogP contribution in [0.4, 0.5) is 0 Å². The number of benzene rings is 1. The van der Waals surface area contributed by atoms with Crippen molar-refractivity contribution in [2.75, 3.05) is 6.61 Å². The van der Waals surface area contributed by atoms with E-state index in [0.717, 1.165) is 12.3 Å². The maximum Gasteiger partial charge on any atom is 0.341 e. The zero-order valence-electron chi connectivity index (χ0n) is 11.7. The van der Waals surface area contributed by atoms with Crippen LogP contribution in [0.25, 0.3) is 0 Å². The van der Waals surface area contributed by atoms with E-state index in [1.165, 1.54) is 19.3 Å². The molecule has 5 heteroatoms. The van der Waals surface area contributed by atoms with Crippen LogP contribution < -0.4 is 10.1 Å². The van der Waals surface area contributed by atoms with Gasteiger partial charge in [-0.05, 0) is 49.3 Å². The van der Waals surface area contributed by atoms with Gasteiger partial charge in [0.2, 0.25) is 0 Å². The Hall–Kier alpha value is -2.04. The number of hydrogen-bond donors (Lipinski definition) is 2. The average Bonchev–Trinajstić information content (AvgIpc) is 3.08. The lowest BCUT2D eigenvalue weighted by Gasteiger charge is -2.23. The molecule has 0 aliphatic heterocycles. The Bertz CT molecular complexity index is 557. The molecule has 21 heavy (non-hydrogen) atoms. The van der Waals surface area contributed by atoms with Gasteiger partial charge in [-0.25, -0.2) is 4.79 Å². The van der Waals surface area contributed by atoms with Crippen molar-refractivity contribution in [1.82, 2.24) is 5.32 Å². The van der Waals surface area contributed by atoms with Gasteiger partial charge in [-0.1, -0.05) is 12.5 Å². The van der Waals surface area contributed by atoms with Crippen molar-refractivity contribution in [3.05, 3.63) is 29.8 Å². The quantitative estimate of drug-likeness (QED) is 0.870. The Morgan fingerprint density at radius 1 is 1.29 bits per heavy atom. The van der Waals surface area contributed by atoms with E-state index in [1.807, 2.05) is 0 Å². The van der Waals surface area contributed by atoms with E-state index in [0.29, 0.717) is 23.3 Å². The molecular formula is C16H19NO4. The molecule has 0 heterocycles. The molecule has 2 fully saturated rings. The number of aliphatic carboxylic acids is 1. The third kappa shape index (κ3) is 3.17. The molecule has 0 spiro atoms. The highest BCUT2D eigenvalue weighted by atomic mass is 16.5. The Kier molecular flexibility index (Phi) is 3.82. The first-order valence-electron chi connectivity index (χ1n) is 7.37. The largest absolute Gasteiger partial charge is 0.482 e. The first kappa shape index (κ1) is 13.9. The maximum absolute atomic E-state index is 12.3. The number of amides is 1. The summed E-state index contributed by atoms with van der Waals surface area (Å²) in [6.45, 7) is -0.405. The molecule has 1 aromatic rings. The van der Waals surface area contributed by atoms with E-state index in [4.69, 9.17) is 9.84 Å². The number of fused-ring (bicyclic) bond motifs is 2. The molecule has 3 atom stereocenters.